The van der Waals surface area contributed by atoms with Crippen LogP contribution >= 0.6 is 0 Å². The molecule has 0 saturated carbocycles. The molecule has 1 aliphatic heterocycles. The van der Waals surface area contributed by atoms with E-state index in [1.807, 2.05) is 43.0 Å². The van der Waals surface area contributed by atoms with Crippen LogP contribution in [0, 0.1) is 12.3 Å². The van der Waals surface area contributed by atoms with Crippen molar-refractivity contribution in [2.45, 2.75) is 84.2 Å². The highest BCUT2D eigenvalue weighted by Gasteiger charge is 2.42. The number of anilines is 1. The number of carbonyl (C=O) groups excluding carboxylic acids is 4. The first-order valence-corrected chi connectivity index (χ1v) is 16.9. The van der Waals surface area contributed by atoms with Gasteiger partial charge in [0.25, 0.3) is 0 Å². The van der Waals surface area contributed by atoms with E-state index in [-0.39, 0.29) is 18.3 Å². The second-order valence-corrected chi connectivity index (χ2v) is 12.7. The fourth-order valence-corrected chi connectivity index (χ4v) is 6.16. The van der Waals surface area contributed by atoms with Crippen LogP contribution < -0.4 is 16.0 Å². The predicted octanol–water partition coefficient (Wildman–Crippen LogP) is 4.72. The molecule has 5 N–H and O–H groups in total. The number of imidazole rings is 1. The maximum atomic E-state index is 14.0. The van der Waals surface area contributed by atoms with Gasteiger partial charge < -0.3 is 24.7 Å². The average Bonchev–Trinajstić information content (AvgIpc) is 3.78. The second kappa shape index (κ2) is 17.0. The zero-order valence-electron chi connectivity index (χ0n) is 29.2. The number of likely N-dealkylation sites (tertiary alicyclic amines) is 1. The Morgan fingerprint density at radius 3 is 2.43 bits per heavy atom. The molecule has 13 heteroatoms. The number of unbranched alkanes of at least 4 members (excludes halogenated alkanes) is 3. The minimum Gasteiger partial charge on any atom is -0.468 e. The Hall–Kier alpha value is -4.78. The molecule has 0 radical (unpaired) electrons. The third-order valence-electron chi connectivity index (χ3n) is 9.01. The van der Waals surface area contributed by atoms with Crippen molar-refractivity contribution in [3.63, 3.8) is 0 Å². The van der Waals surface area contributed by atoms with E-state index in [4.69, 9.17) is 19.9 Å². The average molecular weight is 676 g/mol. The first-order chi connectivity index (χ1) is 23.5. The lowest BCUT2D eigenvalue weighted by Gasteiger charge is -2.35. The van der Waals surface area contributed by atoms with Crippen molar-refractivity contribution in [3.8, 4) is 0 Å². The lowest BCUT2D eigenvalue weighted by Crippen LogP contribution is -2.54. The molecule has 264 valence electrons. The molecular weight excluding hydrogens is 626 g/mol. The monoisotopic (exact) mass is 675 g/mol. The topological polar surface area (TPSA) is 179 Å². The van der Waals surface area contributed by atoms with Gasteiger partial charge in [-0.3, -0.25) is 25.6 Å². The lowest BCUT2D eigenvalue weighted by molar-refractivity contribution is -0.147. The molecule has 0 aliphatic carbocycles. The fraction of sp³-hybridized carbons (Fsp3) is 0.500. The molecule has 49 heavy (non-hydrogen) atoms. The highest BCUT2D eigenvalue weighted by molar-refractivity contribution is 6.04. The Bertz CT molecular complexity index is 1650. The number of rotatable bonds is 16. The number of aromatic nitrogens is 2. The Balaban J connectivity index is 1.45. The summed E-state index contributed by atoms with van der Waals surface area (Å²) < 4.78 is 9.99. The van der Waals surface area contributed by atoms with Crippen LogP contribution in [0.25, 0.3) is 11.0 Å². The molecule has 0 bridgehead atoms. The van der Waals surface area contributed by atoms with E-state index in [0.29, 0.717) is 37.6 Å². The van der Waals surface area contributed by atoms with Crippen LogP contribution in [0.5, 0.6) is 0 Å². The van der Waals surface area contributed by atoms with Crippen LogP contribution in [0.3, 0.4) is 0 Å². The van der Waals surface area contributed by atoms with Crippen LogP contribution in [0.1, 0.15) is 81.8 Å². The number of Topliss-reactive ketones (excluding diaryl/α,β-unsaturated/α-hetero) is 1. The van der Waals surface area contributed by atoms with Crippen molar-refractivity contribution in [3.05, 3.63) is 58.9 Å². The number of nitrogens with zero attached hydrogens (tertiary/aromatic N) is 2. The molecular formula is C36H49N7O6. The van der Waals surface area contributed by atoms with Crippen molar-refractivity contribution < 1.29 is 28.7 Å². The Kier molecular flexibility index (Phi) is 12.9. The highest BCUT2D eigenvalue weighted by Crippen LogP contribution is 2.33. The van der Waals surface area contributed by atoms with Gasteiger partial charge in [0.05, 0.1) is 36.7 Å². The van der Waals surface area contributed by atoms with E-state index in [1.54, 1.807) is 12.1 Å². The predicted molar refractivity (Wildman–Crippen MR) is 188 cm³/mol. The standard InChI is InChI=1S/C36H49N7O6/c1-6-7-8-11-20-49-35(47)42-32(37)25-12-14-26(15-13-25)38-21-29-40-28-17-16-27(23(2)30(28)41-29)36(4,34(46)43-18-9-10-19-43)22-39-31(24(3)44)33(45)48-5/h12-17,31,38-39H,6-11,18-22H2,1-5H3,(H,40,41)(H2,37,42,47). The zero-order chi connectivity index (χ0) is 35.6. The number of carbonyl (C=O) groups is 4. The van der Waals surface area contributed by atoms with Crippen molar-refractivity contribution in [1.82, 2.24) is 25.5 Å². The third-order valence-corrected chi connectivity index (χ3v) is 9.01. The normalized spacial score (nSPS) is 14.6. The van der Waals surface area contributed by atoms with E-state index >= 15 is 0 Å². The summed E-state index contributed by atoms with van der Waals surface area (Å²) in [6.07, 6.45) is 5.23. The maximum Gasteiger partial charge on any atom is 0.412 e. The second-order valence-electron chi connectivity index (χ2n) is 12.7. The van der Waals surface area contributed by atoms with Gasteiger partial charge in [-0.2, -0.15) is 0 Å². The molecule has 2 unspecified atom stereocenters. The number of ether oxygens (including phenoxy) is 2. The van der Waals surface area contributed by atoms with Gasteiger partial charge in [0.1, 0.15) is 11.7 Å². The van der Waals surface area contributed by atoms with Gasteiger partial charge in [-0.25, -0.2) is 14.6 Å². The van der Waals surface area contributed by atoms with E-state index in [9.17, 15) is 19.2 Å². The molecule has 3 aromatic rings. The molecule has 2 amide bonds. The summed E-state index contributed by atoms with van der Waals surface area (Å²) in [5, 5.41) is 17.0. The molecule has 1 aliphatic rings. The van der Waals surface area contributed by atoms with Gasteiger partial charge in [0, 0.05) is 30.9 Å². The molecule has 4 rings (SSSR count). The van der Waals surface area contributed by atoms with E-state index < -0.39 is 29.3 Å². The van der Waals surface area contributed by atoms with Crippen LogP contribution in [0.4, 0.5) is 10.5 Å². The number of fused-ring (bicyclic) bond motifs is 1. The van der Waals surface area contributed by atoms with Crippen LogP contribution in [0.2, 0.25) is 0 Å². The molecule has 13 nitrogen and oxygen atoms in total. The summed E-state index contributed by atoms with van der Waals surface area (Å²) in [6, 6.07) is 9.75. The van der Waals surface area contributed by atoms with Gasteiger partial charge in [-0.05, 0) is 81.5 Å². The number of amides is 2. The van der Waals surface area contributed by atoms with E-state index in [0.717, 1.165) is 66.4 Å². The number of ketones is 1. The zero-order valence-corrected chi connectivity index (χ0v) is 29.2. The van der Waals surface area contributed by atoms with Crippen molar-refractivity contribution in [2.75, 3.05) is 38.7 Å². The minimum atomic E-state index is -1.18. The van der Waals surface area contributed by atoms with Gasteiger partial charge >= 0.3 is 12.1 Å². The fourth-order valence-electron chi connectivity index (χ4n) is 6.16. The van der Waals surface area contributed by atoms with Gasteiger partial charge in [0.2, 0.25) is 5.91 Å². The number of alkyl carbamates (subject to hydrolysis) is 1. The Morgan fingerprint density at radius 1 is 1.06 bits per heavy atom. The summed E-state index contributed by atoms with van der Waals surface area (Å²) in [4.78, 5) is 60.7. The number of amidine groups is 1. The number of H-pyrrole nitrogens is 1. The van der Waals surface area contributed by atoms with Crippen molar-refractivity contribution in [2.24, 2.45) is 0 Å². The summed E-state index contributed by atoms with van der Waals surface area (Å²) in [5.74, 6) is -0.518. The maximum absolute atomic E-state index is 14.0. The Labute approximate surface area is 287 Å². The molecule has 2 heterocycles. The highest BCUT2D eigenvalue weighted by atomic mass is 16.5. The number of esters is 1. The number of aromatic amines is 1. The quantitative estimate of drug-likeness (QED) is 0.0473. The molecule has 1 fully saturated rings. The molecule has 1 aromatic heterocycles. The summed E-state index contributed by atoms with van der Waals surface area (Å²) >= 11 is 0. The van der Waals surface area contributed by atoms with Crippen LogP contribution in [-0.4, -0.2) is 83.8 Å². The molecule has 0 spiro atoms. The number of aryl methyl sites for hydroxylation is 1. The summed E-state index contributed by atoms with van der Waals surface area (Å²) in [6.45, 7) is 9.29. The number of hydrogen-bond donors (Lipinski definition) is 5. The number of methoxy groups -OCH3 is 1. The first kappa shape index (κ1) is 37.0. The van der Waals surface area contributed by atoms with Gasteiger partial charge in [0.15, 0.2) is 11.8 Å². The Morgan fingerprint density at radius 2 is 1.78 bits per heavy atom. The SMILES string of the molecule is CCCCCCOC(=O)NC(=N)c1ccc(NCc2nc3c(C)c(C(C)(CNC(C(C)=O)C(=O)OC)C(=O)N4CCCC4)ccc3[nH]2)cc1. The van der Waals surface area contributed by atoms with E-state index in [1.165, 1.54) is 14.0 Å². The molecule has 1 saturated heterocycles. The third kappa shape index (κ3) is 9.23. The van der Waals surface area contributed by atoms with Gasteiger partial charge in [-0.1, -0.05) is 32.3 Å². The minimum absolute atomic E-state index is 0.0406. The number of benzene rings is 2. The van der Waals surface area contributed by atoms with Crippen molar-refractivity contribution >= 4 is 46.3 Å². The van der Waals surface area contributed by atoms with E-state index in [2.05, 4.69) is 27.9 Å². The summed E-state index contributed by atoms with van der Waals surface area (Å²) in [5.41, 5.74) is 3.37. The first-order valence-electron chi connectivity index (χ1n) is 16.9. The van der Waals surface area contributed by atoms with Crippen molar-refractivity contribution in [1.29, 1.82) is 5.41 Å². The number of hydrogen-bond acceptors (Lipinski definition) is 10. The largest absolute Gasteiger partial charge is 0.468 e. The molecule has 2 atom stereocenters. The smallest absolute Gasteiger partial charge is 0.412 e. The molecule has 2 aromatic carbocycles. The van der Waals surface area contributed by atoms with Crippen LogP contribution in [-0.2, 0) is 35.8 Å². The van der Waals surface area contributed by atoms with Gasteiger partial charge in [-0.15, -0.1) is 0 Å². The van der Waals surface area contributed by atoms with Crippen LogP contribution in [0.15, 0.2) is 36.4 Å². The lowest BCUT2D eigenvalue weighted by atomic mass is 9.78. The number of nitrogens with one attached hydrogen (secondary N) is 5. The summed E-state index contributed by atoms with van der Waals surface area (Å²) in [7, 11) is 1.23.